The second-order valence-electron chi connectivity index (χ2n) is 5.71. The fourth-order valence-electron chi connectivity index (χ4n) is 2.55. The van der Waals surface area contributed by atoms with Crippen molar-refractivity contribution in [2.24, 2.45) is 0 Å². The van der Waals surface area contributed by atoms with Gasteiger partial charge in [0.2, 0.25) is 0 Å². The molecule has 0 radical (unpaired) electrons. The van der Waals surface area contributed by atoms with Crippen LogP contribution in [0.3, 0.4) is 0 Å². The minimum Gasteiger partial charge on any atom is -0.491 e. The molecule has 6 nitrogen and oxygen atoms in total. The summed E-state index contributed by atoms with van der Waals surface area (Å²) >= 11 is 0. The number of carbonyl (C=O) groups is 2. The number of aliphatic hydroxyl groups excluding tert-OH is 1. The van der Waals surface area contributed by atoms with Crippen molar-refractivity contribution < 1.29 is 19.4 Å². The average molecular weight is 306 g/mol. The van der Waals surface area contributed by atoms with Gasteiger partial charge in [-0.3, -0.25) is 9.69 Å². The third-order valence-electron chi connectivity index (χ3n) is 3.67. The maximum atomic E-state index is 12.3. The molecule has 0 aliphatic carbocycles. The molecule has 3 amide bonds. The molecule has 1 aromatic rings. The Morgan fingerprint density at radius 2 is 2.00 bits per heavy atom. The minimum absolute atomic E-state index is 0.0194. The Balaban J connectivity index is 1.90. The van der Waals surface area contributed by atoms with Crippen LogP contribution in [-0.2, 0) is 4.79 Å². The quantitative estimate of drug-likeness (QED) is 0.749. The predicted molar refractivity (Wildman–Crippen MR) is 81.5 cm³/mol. The number of nitrogens with zero attached hydrogens (tertiary/aromatic N) is 1. The average Bonchev–Trinajstić information content (AvgIpc) is 2.70. The number of hydrogen-bond acceptors (Lipinski definition) is 4. The van der Waals surface area contributed by atoms with Crippen molar-refractivity contribution in [1.82, 2.24) is 10.2 Å². The van der Waals surface area contributed by atoms with E-state index in [0.717, 1.165) is 11.3 Å². The zero-order valence-electron chi connectivity index (χ0n) is 12.9. The fraction of sp³-hybridized carbons (Fsp3) is 0.500. The number of para-hydroxylation sites is 1. The molecule has 1 aliphatic rings. The molecule has 2 N–H and O–H groups in total. The lowest BCUT2D eigenvalue weighted by atomic mass is 9.96. The molecule has 2 atom stereocenters. The molecule has 0 bridgehead atoms. The van der Waals surface area contributed by atoms with Gasteiger partial charge in [0.05, 0.1) is 6.54 Å². The zero-order chi connectivity index (χ0) is 16.2. The number of rotatable bonds is 7. The summed E-state index contributed by atoms with van der Waals surface area (Å²) in [5.74, 6) is 0.340. The van der Waals surface area contributed by atoms with E-state index in [1.165, 1.54) is 0 Å². The Hall–Kier alpha value is -2.08. The van der Waals surface area contributed by atoms with E-state index in [-0.39, 0.29) is 19.1 Å². The first-order valence-electron chi connectivity index (χ1n) is 7.46. The summed E-state index contributed by atoms with van der Waals surface area (Å²) in [5.41, 5.74) is -0.869. The van der Waals surface area contributed by atoms with Crippen LogP contribution in [0, 0.1) is 0 Å². The highest BCUT2D eigenvalue weighted by Gasteiger charge is 2.47. The van der Waals surface area contributed by atoms with Gasteiger partial charge in [0.25, 0.3) is 5.91 Å². The van der Waals surface area contributed by atoms with Crippen LogP contribution >= 0.6 is 0 Å². The van der Waals surface area contributed by atoms with Gasteiger partial charge in [-0.25, -0.2) is 4.79 Å². The monoisotopic (exact) mass is 306 g/mol. The van der Waals surface area contributed by atoms with Gasteiger partial charge >= 0.3 is 6.03 Å². The number of carbonyl (C=O) groups excluding carboxylic acids is 2. The van der Waals surface area contributed by atoms with Crippen molar-refractivity contribution in [3.05, 3.63) is 30.3 Å². The largest absolute Gasteiger partial charge is 0.491 e. The Morgan fingerprint density at radius 1 is 1.32 bits per heavy atom. The second kappa shape index (κ2) is 6.79. The van der Waals surface area contributed by atoms with Gasteiger partial charge in [-0.2, -0.15) is 0 Å². The van der Waals surface area contributed by atoms with Gasteiger partial charge in [-0.1, -0.05) is 31.5 Å². The van der Waals surface area contributed by atoms with Gasteiger partial charge in [0, 0.05) is 0 Å². The van der Waals surface area contributed by atoms with Crippen molar-refractivity contribution in [2.45, 2.75) is 38.3 Å². The fourth-order valence-corrected chi connectivity index (χ4v) is 2.55. The molecule has 1 aliphatic heterocycles. The second-order valence-corrected chi connectivity index (χ2v) is 5.71. The highest BCUT2D eigenvalue weighted by Crippen LogP contribution is 2.22. The Kier molecular flexibility index (Phi) is 5.03. The maximum Gasteiger partial charge on any atom is 0.325 e. The van der Waals surface area contributed by atoms with Crippen molar-refractivity contribution in [1.29, 1.82) is 0 Å². The van der Waals surface area contributed by atoms with E-state index < -0.39 is 17.7 Å². The van der Waals surface area contributed by atoms with E-state index in [2.05, 4.69) is 5.32 Å². The molecule has 0 unspecified atom stereocenters. The van der Waals surface area contributed by atoms with Gasteiger partial charge in [-0.05, 0) is 25.5 Å². The Bertz CT molecular complexity index is 534. The van der Waals surface area contributed by atoms with E-state index in [9.17, 15) is 14.7 Å². The number of nitrogens with one attached hydrogen (secondary N) is 1. The van der Waals surface area contributed by atoms with Gasteiger partial charge in [0.1, 0.15) is 24.0 Å². The van der Waals surface area contributed by atoms with Crippen molar-refractivity contribution in [3.63, 3.8) is 0 Å². The number of ether oxygens (including phenoxy) is 1. The molecule has 1 aromatic carbocycles. The maximum absolute atomic E-state index is 12.3. The van der Waals surface area contributed by atoms with E-state index in [1.807, 2.05) is 25.1 Å². The summed E-state index contributed by atoms with van der Waals surface area (Å²) in [6, 6.07) is 8.62. The van der Waals surface area contributed by atoms with Gasteiger partial charge < -0.3 is 15.2 Å². The molecule has 0 spiro atoms. The van der Waals surface area contributed by atoms with E-state index in [0.29, 0.717) is 12.2 Å². The highest BCUT2D eigenvalue weighted by molar-refractivity contribution is 6.06. The molecule has 0 aromatic heterocycles. The van der Waals surface area contributed by atoms with Crippen LogP contribution in [0.25, 0.3) is 0 Å². The zero-order valence-corrected chi connectivity index (χ0v) is 12.9. The van der Waals surface area contributed by atoms with Gasteiger partial charge in [-0.15, -0.1) is 0 Å². The summed E-state index contributed by atoms with van der Waals surface area (Å²) in [7, 11) is 0. The van der Waals surface area contributed by atoms with Crippen molar-refractivity contribution in [3.8, 4) is 5.75 Å². The normalized spacial score (nSPS) is 22.6. The van der Waals surface area contributed by atoms with Crippen molar-refractivity contribution in [2.75, 3.05) is 13.2 Å². The summed E-state index contributed by atoms with van der Waals surface area (Å²) in [4.78, 5) is 25.3. The standard InChI is InChI=1S/C16H22N2O4/c1-3-9-16(2)14(20)18(15(21)17-16)10-12(19)11-22-13-7-5-4-6-8-13/h4-8,12,19H,3,9-11H2,1-2H3,(H,17,21)/t12-,16+/m1/s1. The molecule has 1 fully saturated rings. The molecule has 6 heteroatoms. The molecule has 1 saturated heterocycles. The van der Waals surface area contributed by atoms with Crippen LogP contribution in [-0.4, -0.2) is 46.7 Å². The summed E-state index contributed by atoms with van der Waals surface area (Å²) < 4.78 is 5.43. The highest BCUT2D eigenvalue weighted by atomic mass is 16.5. The van der Waals surface area contributed by atoms with Gasteiger partial charge in [0.15, 0.2) is 0 Å². The molecular formula is C16H22N2O4. The Morgan fingerprint density at radius 3 is 2.64 bits per heavy atom. The van der Waals surface area contributed by atoms with Crippen LogP contribution < -0.4 is 10.1 Å². The Labute approximate surface area is 130 Å². The summed E-state index contributed by atoms with van der Waals surface area (Å²) in [6.07, 6.45) is 0.430. The number of urea groups is 1. The lowest BCUT2D eigenvalue weighted by molar-refractivity contribution is -0.132. The minimum atomic E-state index is -0.932. The molecular weight excluding hydrogens is 284 g/mol. The summed E-state index contributed by atoms with van der Waals surface area (Å²) in [5, 5.41) is 12.7. The van der Waals surface area contributed by atoms with E-state index in [1.54, 1.807) is 19.1 Å². The van der Waals surface area contributed by atoms with Crippen LogP contribution in [0.2, 0.25) is 0 Å². The van der Waals surface area contributed by atoms with Crippen LogP contribution in [0.15, 0.2) is 30.3 Å². The first kappa shape index (κ1) is 16.3. The number of hydrogen-bond donors (Lipinski definition) is 2. The third-order valence-corrected chi connectivity index (χ3v) is 3.67. The van der Waals surface area contributed by atoms with Crippen LogP contribution in [0.1, 0.15) is 26.7 Å². The first-order valence-corrected chi connectivity index (χ1v) is 7.46. The molecule has 2 rings (SSSR count). The first-order chi connectivity index (χ1) is 10.5. The smallest absolute Gasteiger partial charge is 0.325 e. The SMILES string of the molecule is CCC[C@]1(C)NC(=O)N(C[C@@H](O)COc2ccccc2)C1=O. The number of benzene rings is 1. The topological polar surface area (TPSA) is 78.9 Å². The van der Waals surface area contributed by atoms with Crippen LogP contribution in [0.5, 0.6) is 5.75 Å². The lowest BCUT2D eigenvalue weighted by Gasteiger charge is -2.22. The summed E-state index contributed by atoms with van der Waals surface area (Å²) in [6.45, 7) is 3.61. The van der Waals surface area contributed by atoms with E-state index in [4.69, 9.17) is 4.74 Å². The number of β-amino-alcohol motifs (C(OH)–C–C–N with tert-alkyl or cyclic N) is 1. The number of amides is 3. The van der Waals surface area contributed by atoms with E-state index >= 15 is 0 Å². The van der Waals surface area contributed by atoms with Crippen molar-refractivity contribution >= 4 is 11.9 Å². The third kappa shape index (κ3) is 3.57. The molecule has 0 saturated carbocycles. The lowest BCUT2D eigenvalue weighted by Crippen LogP contribution is -2.44. The number of aliphatic hydroxyl groups is 1. The van der Waals surface area contributed by atoms with Crippen LogP contribution in [0.4, 0.5) is 4.79 Å². The molecule has 1 heterocycles. The molecule has 22 heavy (non-hydrogen) atoms. The number of imide groups is 1. The predicted octanol–water partition coefficient (Wildman–Crippen LogP) is 1.54. The molecule has 120 valence electrons.